The quantitative estimate of drug-likeness (QED) is 0.493. The first kappa shape index (κ1) is 12.6. The van der Waals surface area contributed by atoms with Crippen LogP contribution in [0.4, 0.5) is 0 Å². The van der Waals surface area contributed by atoms with E-state index in [-0.39, 0.29) is 7.92 Å². The largest absolute Gasteiger partial charge is 0.398 e. The van der Waals surface area contributed by atoms with Gasteiger partial charge in [0.05, 0.1) is 0 Å². The molecule has 2 nitrogen and oxygen atoms in total. The fourth-order valence-corrected chi connectivity index (χ4v) is 3.49. The van der Waals surface area contributed by atoms with Crippen LogP contribution < -0.4 is 0 Å². The van der Waals surface area contributed by atoms with Crippen LogP contribution in [-0.2, 0) is 8.85 Å². The molecule has 0 atom stereocenters. The summed E-state index contributed by atoms with van der Waals surface area (Å²) in [5.41, 5.74) is 0. The second-order valence-electron chi connectivity index (χ2n) is 3.45. The van der Waals surface area contributed by atoms with Crippen LogP contribution in [0.15, 0.2) is 0 Å². The molecular formula is C8H21O2PSi. The maximum absolute atomic E-state index is 5.39. The van der Waals surface area contributed by atoms with E-state index in [1.54, 1.807) is 14.2 Å². The zero-order valence-corrected chi connectivity index (χ0v) is 10.8. The topological polar surface area (TPSA) is 18.5 Å². The third-order valence-electron chi connectivity index (χ3n) is 2.10. The Hall–Kier alpha value is 0.567. The fraction of sp³-hybridized carbons (Fsp3) is 1.00. The van der Waals surface area contributed by atoms with Gasteiger partial charge in [-0.1, -0.05) is 0 Å². The molecule has 0 heterocycles. The van der Waals surface area contributed by atoms with E-state index in [0.29, 0.717) is 0 Å². The van der Waals surface area contributed by atoms with Crippen LogP contribution in [0.2, 0.25) is 12.6 Å². The van der Waals surface area contributed by atoms with Crippen LogP contribution >= 0.6 is 7.92 Å². The molecule has 74 valence electrons. The SMILES string of the molecule is CO[Si](C)(CCCP(C)C)OC. The number of hydrogen-bond acceptors (Lipinski definition) is 2. The molecule has 4 heteroatoms. The summed E-state index contributed by atoms with van der Waals surface area (Å²) in [5.74, 6) is 0. The highest BCUT2D eigenvalue weighted by molar-refractivity contribution is 7.55. The van der Waals surface area contributed by atoms with Crippen LogP contribution in [0.1, 0.15) is 6.42 Å². The molecule has 0 saturated carbocycles. The molecule has 0 N–H and O–H groups in total. The molecule has 0 aromatic rings. The molecular weight excluding hydrogens is 187 g/mol. The van der Waals surface area contributed by atoms with Gasteiger partial charge in [0, 0.05) is 14.2 Å². The zero-order chi connectivity index (χ0) is 9.61. The highest BCUT2D eigenvalue weighted by Crippen LogP contribution is 2.27. The molecule has 12 heavy (non-hydrogen) atoms. The third kappa shape index (κ3) is 5.25. The molecule has 0 amide bonds. The Bertz CT molecular complexity index is 116. The molecule has 0 aliphatic rings. The Balaban J connectivity index is 3.58. The lowest BCUT2D eigenvalue weighted by molar-refractivity contribution is 0.249. The van der Waals surface area contributed by atoms with E-state index in [0.717, 1.165) is 6.04 Å². The van der Waals surface area contributed by atoms with E-state index in [9.17, 15) is 0 Å². The second-order valence-corrected chi connectivity index (χ2v) is 9.64. The monoisotopic (exact) mass is 208 g/mol. The molecule has 0 rings (SSSR count). The van der Waals surface area contributed by atoms with Crippen molar-refractivity contribution in [3.05, 3.63) is 0 Å². The molecule has 0 aromatic carbocycles. The van der Waals surface area contributed by atoms with Gasteiger partial charge in [-0.2, -0.15) is 0 Å². The van der Waals surface area contributed by atoms with E-state index in [4.69, 9.17) is 8.85 Å². The minimum absolute atomic E-state index is 0.248. The van der Waals surface area contributed by atoms with E-state index in [1.165, 1.54) is 12.6 Å². The fourth-order valence-electron chi connectivity index (χ4n) is 1.00. The van der Waals surface area contributed by atoms with Gasteiger partial charge in [-0.05, 0) is 38.5 Å². The third-order valence-corrected chi connectivity index (χ3v) is 6.30. The molecule has 0 unspecified atom stereocenters. The van der Waals surface area contributed by atoms with Gasteiger partial charge in [0.25, 0.3) is 0 Å². The standard InChI is InChI=1S/C8H21O2PSi/c1-9-12(5,10-2)8-6-7-11(3)4/h6-8H2,1-5H3. The minimum atomic E-state index is -1.75. The summed E-state index contributed by atoms with van der Waals surface area (Å²) in [6.45, 7) is 6.75. The van der Waals surface area contributed by atoms with Gasteiger partial charge in [-0.25, -0.2) is 0 Å². The summed E-state index contributed by atoms with van der Waals surface area (Å²) >= 11 is 0. The number of rotatable bonds is 6. The summed E-state index contributed by atoms with van der Waals surface area (Å²) in [6, 6.07) is 1.13. The second kappa shape index (κ2) is 6.09. The lowest BCUT2D eigenvalue weighted by Gasteiger charge is -2.22. The first-order valence-corrected chi connectivity index (χ1v) is 9.23. The molecule has 0 aliphatic carbocycles. The van der Waals surface area contributed by atoms with Crippen molar-refractivity contribution >= 4 is 16.5 Å². The molecule has 0 aromatic heterocycles. The van der Waals surface area contributed by atoms with Gasteiger partial charge < -0.3 is 8.85 Å². The van der Waals surface area contributed by atoms with Crippen molar-refractivity contribution in [2.75, 3.05) is 33.7 Å². The van der Waals surface area contributed by atoms with Gasteiger partial charge in [-0.3, -0.25) is 0 Å². The van der Waals surface area contributed by atoms with Crippen molar-refractivity contribution < 1.29 is 8.85 Å². The van der Waals surface area contributed by atoms with Crippen molar-refractivity contribution in [2.45, 2.75) is 19.0 Å². The predicted octanol–water partition coefficient (Wildman–Crippen LogP) is 2.48. The predicted molar refractivity (Wildman–Crippen MR) is 58.7 cm³/mol. The van der Waals surface area contributed by atoms with Crippen LogP contribution in [-0.4, -0.2) is 42.3 Å². The van der Waals surface area contributed by atoms with E-state index in [2.05, 4.69) is 19.9 Å². The maximum Gasteiger partial charge on any atom is 0.334 e. The summed E-state index contributed by atoms with van der Waals surface area (Å²) in [4.78, 5) is 0. The van der Waals surface area contributed by atoms with E-state index in [1.807, 2.05) is 0 Å². The Morgan fingerprint density at radius 1 is 1.17 bits per heavy atom. The van der Waals surface area contributed by atoms with Crippen molar-refractivity contribution in [3.8, 4) is 0 Å². The Labute approximate surface area is 78.6 Å². The lowest BCUT2D eigenvalue weighted by atomic mass is 10.6. The van der Waals surface area contributed by atoms with Crippen molar-refractivity contribution in [1.29, 1.82) is 0 Å². The van der Waals surface area contributed by atoms with Crippen LogP contribution in [0.25, 0.3) is 0 Å². The van der Waals surface area contributed by atoms with E-state index < -0.39 is 8.56 Å². The first-order valence-electron chi connectivity index (χ1n) is 4.29. The van der Waals surface area contributed by atoms with Crippen LogP contribution in [0.5, 0.6) is 0 Å². The average Bonchev–Trinajstić information content (AvgIpc) is 2.03. The summed E-state index contributed by atoms with van der Waals surface area (Å²) in [6.07, 6.45) is 2.59. The van der Waals surface area contributed by atoms with Gasteiger partial charge in [-0.15, -0.1) is 7.92 Å². The summed E-state index contributed by atoms with van der Waals surface area (Å²) < 4.78 is 10.8. The molecule has 0 bridgehead atoms. The molecule has 0 spiro atoms. The molecule has 0 aliphatic heterocycles. The van der Waals surface area contributed by atoms with Crippen molar-refractivity contribution in [3.63, 3.8) is 0 Å². The first-order chi connectivity index (χ1) is 5.54. The molecule has 0 saturated heterocycles. The molecule has 0 fully saturated rings. The van der Waals surface area contributed by atoms with Gasteiger partial charge >= 0.3 is 8.56 Å². The lowest BCUT2D eigenvalue weighted by Crippen LogP contribution is -2.35. The summed E-state index contributed by atoms with van der Waals surface area (Å²) in [7, 11) is 2.01. The van der Waals surface area contributed by atoms with Crippen LogP contribution in [0.3, 0.4) is 0 Å². The number of hydrogen-bond donors (Lipinski definition) is 0. The normalized spacial score (nSPS) is 12.5. The summed E-state index contributed by atoms with van der Waals surface area (Å²) in [5, 5.41) is 0. The Morgan fingerprint density at radius 3 is 2.00 bits per heavy atom. The highest BCUT2D eigenvalue weighted by Gasteiger charge is 2.27. The van der Waals surface area contributed by atoms with Crippen molar-refractivity contribution in [2.24, 2.45) is 0 Å². The Morgan fingerprint density at radius 2 is 1.67 bits per heavy atom. The molecule has 0 radical (unpaired) electrons. The Kier molecular flexibility index (Phi) is 6.37. The van der Waals surface area contributed by atoms with Gasteiger partial charge in [0.15, 0.2) is 0 Å². The zero-order valence-electron chi connectivity index (χ0n) is 8.89. The minimum Gasteiger partial charge on any atom is -0.398 e. The highest BCUT2D eigenvalue weighted by atomic mass is 31.1. The maximum atomic E-state index is 5.39. The van der Waals surface area contributed by atoms with E-state index >= 15 is 0 Å². The average molecular weight is 208 g/mol. The van der Waals surface area contributed by atoms with Gasteiger partial charge in [0.2, 0.25) is 0 Å². The smallest absolute Gasteiger partial charge is 0.334 e. The van der Waals surface area contributed by atoms with Gasteiger partial charge in [0.1, 0.15) is 0 Å². The van der Waals surface area contributed by atoms with Crippen LogP contribution in [0, 0.1) is 0 Å². The van der Waals surface area contributed by atoms with Crippen molar-refractivity contribution in [1.82, 2.24) is 0 Å².